The van der Waals surface area contributed by atoms with Gasteiger partial charge in [0.15, 0.2) is 11.6 Å². The van der Waals surface area contributed by atoms with Gasteiger partial charge in [0.1, 0.15) is 16.3 Å². The lowest BCUT2D eigenvalue weighted by molar-refractivity contribution is 0.505. The van der Waals surface area contributed by atoms with Gasteiger partial charge in [-0.25, -0.2) is 18.2 Å². The molecule has 0 radical (unpaired) electrons. The molecule has 0 saturated heterocycles. The Morgan fingerprint density at radius 2 is 1.71 bits per heavy atom. The van der Waals surface area contributed by atoms with E-state index >= 15 is 0 Å². The van der Waals surface area contributed by atoms with Crippen molar-refractivity contribution in [2.45, 2.75) is 6.92 Å². The molecule has 2 aromatic heterocycles. The number of fused-ring (bicyclic) bond motifs is 2. The molecule has 5 rings (SSSR count). The Bertz CT molecular complexity index is 1350. The second kappa shape index (κ2) is 6.21. The van der Waals surface area contributed by atoms with Crippen molar-refractivity contribution in [2.75, 3.05) is 0 Å². The van der Waals surface area contributed by atoms with E-state index < -0.39 is 17.5 Å². The third kappa shape index (κ3) is 2.45. The summed E-state index contributed by atoms with van der Waals surface area (Å²) in [6.45, 7) is 1.97. The van der Waals surface area contributed by atoms with Crippen LogP contribution in [-0.2, 0) is 0 Å². The van der Waals surface area contributed by atoms with Crippen LogP contribution in [0.2, 0.25) is 0 Å². The van der Waals surface area contributed by atoms with E-state index in [4.69, 9.17) is 0 Å². The highest BCUT2D eigenvalue weighted by atomic mass is 32.1. The number of H-pyrrole nitrogens is 1. The van der Waals surface area contributed by atoms with Crippen LogP contribution in [0.5, 0.6) is 0 Å². The molecular weight excluding hydrogens is 381 g/mol. The molecule has 6 heteroatoms. The summed E-state index contributed by atoms with van der Waals surface area (Å²) in [7, 11) is 0. The van der Waals surface area contributed by atoms with E-state index in [1.54, 1.807) is 0 Å². The zero-order valence-corrected chi connectivity index (χ0v) is 15.5. The van der Waals surface area contributed by atoms with Crippen LogP contribution in [0.3, 0.4) is 0 Å². The number of nitrogens with zero attached hydrogens (tertiary/aromatic N) is 1. The number of aryl methyl sites for hydroxylation is 1. The SMILES string of the molecule is Cc1cccc2[nH]c(-c3ccccc3)c(-c3nc4c(F)c(F)cc(F)c4s3)c12. The molecule has 0 fully saturated rings. The standard InChI is InChI=1S/C22H13F3N2S/c1-11-6-5-9-15-16(11)17(19(26-15)12-7-3-2-4-8-12)22-27-20-18(25)13(23)10-14(24)21(20)28-22/h2-10,26H,1H3. The van der Waals surface area contributed by atoms with Crippen LogP contribution in [0.1, 0.15) is 5.56 Å². The van der Waals surface area contributed by atoms with Crippen LogP contribution in [-0.4, -0.2) is 9.97 Å². The van der Waals surface area contributed by atoms with Crippen molar-refractivity contribution in [2.24, 2.45) is 0 Å². The van der Waals surface area contributed by atoms with Crippen molar-refractivity contribution in [1.29, 1.82) is 0 Å². The maximum atomic E-state index is 14.3. The topological polar surface area (TPSA) is 28.7 Å². The second-order valence-corrected chi connectivity index (χ2v) is 7.59. The predicted octanol–water partition coefficient (Wildman–Crippen LogP) is 6.84. The van der Waals surface area contributed by atoms with Gasteiger partial charge in [-0.15, -0.1) is 11.3 Å². The summed E-state index contributed by atoms with van der Waals surface area (Å²) in [6.07, 6.45) is 0. The average molecular weight is 394 g/mol. The van der Waals surface area contributed by atoms with E-state index in [0.29, 0.717) is 11.1 Å². The number of rotatable bonds is 2. The molecule has 28 heavy (non-hydrogen) atoms. The summed E-state index contributed by atoms with van der Waals surface area (Å²) < 4.78 is 42.2. The fourth-order valence-electron chi connectivity index (χ4n) is 3.55. The van der Waals surface area contributed by atoms with Crippen LogP contribution in [0.15, 0.2) is 54.6 Å². The van der Waals surface area contributed by atoms with Crippen molar-refractivity contribution >= 4 is 32.5 Å². The van der Waals surface area contributed by atoms with Gasteiger partial charge in [-0.3, -0.25) is 0 Å². The molecule has 0 bridgehead atoms. The summed E-state index contributed by atoms with van der Waals surface area (Å²) in [6, 6.07) is 16.1. The minimum Gasteiger partial charge on any atom is -0.354 e. The van der Waals surface area contributed by atoms with Crippen LogP contribution < -0.4 is 0 Å². The van der Waals surface area contributed by atoms with Gasteiger partial charge >= 0.3 is 0 Å². The van der Waals surface area contributed by atoms with E-state index in [1.165, 1.54) is 0 Å². The number of benzene rings is 3. The fourth-order valence-corrected chi connectivity index (χ4v) is 4.58. The minimum atomic E-state index is -1.24. The number of thiazole rings is 1. The lowest BCUT2D eigenvalue weighted by atomic mass is 10.0. The van der Waals surface area contributed by atoms with E-state index in [1.807, 2.05) is 55.5 Å². The first-order chi connectivity index (χ1) is 13.5. The van der Waals surface area contributed by atoms with Gasteiger partial charge in [-0.05, 0) is 24.1 Å². The number of hydrogen-bond donors (Lipinski definition) is 1. The molecule has 0 spiro atoms. The van der Waals surface area contributed by atoms with Crippen LogP contribution in [0.25, 0.3) is 42.9 Å². The van der Waals surface area contributed by atoms with Crippen LogP contribution in [0.4, 0.5) is 13.2 Å². The van der Waals surface area contributed by atoms with Gasteiger partial charge in [-0.2, -0.15) is 0 Å². The maximum Gasteiger partial charge on any atom is 0.186 e. The Balaban J connectivity index is 1.90. The Kier molecular flexibility index (Phi) is 3.77. The number of aromatic nitrogens is 2. The third-order valence-electron chi connectivity index (χ3n) is 4.82. The van der Waals surface area contributed by atoms with Crippen molar-refractivity contribution in [3.8, 4) is 21.8 Å². The third-order valence-corrected chi connectivity index (χ3v) is 5.91. The lowest BCUT2D eigenvalue weighted by Crippen LogP contribution is -1.88. The van der Waals surface area contributed by atoms with Crippen molar-refractivity contribution in [3.63, 3.8) is 0 Å². The van der Waals surface area contributed by atoms with Gasteiger partial charge < -0.3 is 4.98 Å². The molecule has 0 unspecified atom stereocenters. The zero-order chi connectivity index (χ0) is 19.4. The van der Waals surface area contributed by atoms with E-state index in [-0.39, 0.29) is 10.2 Å². The molecule has 138 valence electrons. The normalized spacial score (nSPS) is 11.6. The molecule has 2 heterocycles. The first-order valence-electron chi connectivity index (χ1n) is 8.65. The van der Waals surface area contributed by atoms with Crippen LogP contribution in [0, 0.1) is 24.4 Å². The molecule has 5 aromatic rings. The van der Waals surface area contributed by atoms with E-state index in [2.05, 4.69) is 9.97 Å². The van der Waals surface area contributed by atoms with E-state index in [0.717, 1.165) is 44.6 Å². The number of aromatic amines is 1. The highest BCUT2D eigenvalue weighted by molar-refractivity contribution is 7.21. The number of hydrogen-bond acceptors (Lipinski definition) is 2. The quantitative estimate of drug-likeness (QED) is 0.326. The smallest absolute Gasteiger partial charge is 0.186 e. The molecule has 2 nitrogen and oxygen atoms in total. The summed E-state index contributed by atoms with van der Waals surface area (Å²) in [5.41, 5.74) is 4.14. The van der Waals surface area contributed by atoms with Gasteiger partial charge in [0, 0.05) is 22.5 Å². The summed E-state index contributed by atoms with van der Waals surface area (Å²) in [5.74, 6) is -3.17. The maximum absolute atomic E-state index is 14.3. The summed E-state index contributed by atoms with van der Waals surface area (Å²) in [5, 5.41) is 1.37. The summed E-state index contributed by atoms with van der Waals surface area (Å²) in [4.78, 5) is 7.71. The van der Waals surface area contributed by atoms with Gasteiger partial charge in [-0.1, -0.05) is 42.5 Å². The first kappa shape index (κ1) is 17.0. The van der Waals surface area contributed by atoms with Crippen molar-refractivity contribution in [1.82, 2.24) is 9.97 Å². The molecule has 0 saturated carbocycles. The fraction of sp³-hybridized carbons (Fsp3) is 0.0455. The van der Waals surface area contributed by atoms with Crippen molar-refractivity contribution in [3.05, 3.63) is 77.6 Å². The molecule has 0 amide bonds. The molecule has 0 aliphatic heterocycles. The molecule has 1 N–H and O–H groups in total. The Morgan fingerprint density at radius 1 is 0.929 bits per heavy atom. The van der Waals surface area contributed by atoms with Crippen LogP contribution >= 0.6 is 11.3 Å². The first-order valence-corrected chi connectivity index (χ1v) is 9.47. The lowest BCUT2D eigenvalue weighted by Gasteiger charge is -2.03. The van der Waals surface area contributed by atoms with Crippen molar-refractivity contribution < 1.29 is 13.2 Å². The predicted molar refractivity (Wildman–Crippen MR) is 107 cm³/mol. The summed E-state index contributed by atoms with van der Waals surface area (Å²) >= 11 is 1.02. The Labute approximate surface area is 162 Å². The largest absolute Gasteiger partial charge is 0.354 e. The number of halogens is 3. The van der Waals surface area contributed by atoms with E-state index in [9.17, 15) is 13.2 Å². The van der Waals surface area contributed by atoms with Gasteiger partial charge in [0.2, 0.25) is 0 Å². The average Bonchev–Trinajstić information content (AvgIpc) is 3.30. The zero-order valence-electron chi connectivity index (χ0n) is 14.7. The highest BCUT2D eigenvalue weighted by Crippen LogP contribution is 2.43. The van der Waals surface area contributed by atoms with Gasteiger partial charge in [0.25, 0.3) is 0 Å². The minimum absolute atomic E-state index is 0.0100. The monoisotopic (exact) mass is 394 g/mol. The Morgan fingerprint density at radius 3 is 2.50 bits per heavy atom. The van der Waals surface area contributed by atoms with Gasteiger partial charge in [0.05, 0.1) is 10.4 Å². The molecule has 0 aliphatic carbocycles. The molecular formula is C22H13F3N2S. The highest BCUT2D eigenvalue weighted by Gasteiger charge is 2.23. The molecule has 3 aromatic carbocycles. The molecule has 0 atom stereocenters. The second-order valence-electron chi connectivity index (χ2n) is 6.59. The number of nitrogens with one attached hydrogen (secondary N) is 1. The molecule has 0 aliphatic rings. The Hall–Kier alpha value is -3.12.